The van der Waals surface area contributed by atoms with Crippen LogP contribution in [0.25, 0.3) is 0 Å². The summed E-state index contributed by atoms with van der Waals surface area (Å²) in [7, 11) is 0. The molecule has 0 unspecified atom stereocenters. The number of hydrazone groups is 1. The van der Waals surface area contributed by atoms with Crippen LogP contribution in [0.2, 0.25) is 0 Å². The molecule has 0 aliphatic heterocycles. The highest BCUT2D eigenvalue weighted by Crippen LogP contribution is 2.36. The summed E-state index contributed by atoms with van der Waals surface area (Å²) in [5.74, 6) is -2.08. The van der Waals surface area contributed by atoms with Crippen LogP contribution in [0.3, 0.4) is 0 Å². The number of amides is 2. The van der Waals surface area contributed by atoms with Crippen molar-refractivity contribution in [1.29, 1.82) is 0 Å². The molecule has 6 N–H and O–H groups in total. The Bertz CT molecular complexity index is 914. The number of phenolic OH excluding ortho intramolecular Hbond substituents is 4. The van der Waals surface area contributed by atoms with Gasteiger partial charge in [0.25, 0.3) is 0 Å². The van der Waals surface area contributed by atoms with Gasteiger partial charge in [-0.2, -0.15) is 5.10 Å². The van der Waals surface area contributed by atoms with Crippen LogP contribution in [0.4, 0.5) is 5.69 Å². The molecule has 160 valence electrons. The number of phenols is 4. The van der Waals surface area contributed by atoms with Crippen molar-refractivity contribution in [3.8, 4) is 23.0 Å². The van der Waals surface area contributed by atoms with Gasteiger partial charge in [0.1, 0.15) is 5.75 Å². The molecule has 0 fully saturated rings. The molecule has 0 bridgehead atoms. The number of benzene rings is 2. The van der Waals surface area contributed by atoms with Crippen LogP contribution < -0.4 is 10.7 Å². The van der Waals surface area contributed by atoms with Crippen LogP contribution >= 0.6 is 0 Å². The third-order valence-corrected chi connectivity index (χ3v) is 4.29. The summed E-state index contributed by atoms with van der Waals surface area (Å²) < 4.78 is 0. The van der Waals surface area contributed by atoms with Gasteiger partial charge in [-0.1, -0.05) is 25.0 Å². The number of carbonyl (C=O) groups excluding carboxylic acids is 2. The topological polar surface area (TPSA) is 151 Å². The van der Waals surface area contributed by atoms with E-state index in [-0.39, 0.29) is 29.5 Å². The zero-order chi connectivity index (χ0) is 21.9. The van der Waals surface area contributed by atoms with Gasteiger partial charge < -0.3 is 25.7 Å². The molecular weight excluding hydrogens is 390 g/mol. The summed E-state index contributed by atoms with van der Waals surface area (Å²) in [6, 6.07) is 9.06. The summed E-state index contributed by atoms with van der Waals surface area (Å²) in [5, 5.41) is 44.3. The average Bonchev–Trinajstić information content (AvgIpc) is 2.72. The van der Waals surface area contributed by atoms with Crippen LogP contribution in [0.5, 0.6) is 23.0 Å². The van der Waals surface area contributed by atoms with Gasteiger partial charge in [0.15, 0.2) is 11.5 Å². The molecule has 2 aromatic rings. The standard InChI is InChI=1S/C21H25N3O6/c25-16-8-6-5-7-15(16)23-18(27)9-3-1-2-4-10-19(28)24-22-13-14-11-12-17(26)21(30)20(14)29/h5-8,11-13,25-26,29-30H,1-4,9-10H2,(H,23,27)(H,24,28)/b22-13+. The summed E-state index contributed by atoms with van der Waals surface area (Å²) >= 11 is 0. The Hall–Kier alpha value is -3.75. The SMILES string of the molecule is O=C(CCCCCCC(=O)Nc1ccccc1O)N/N=C/c1ccc(O)c(O)c1O. The first-order chi connectivity index (χ1) is 14.4. The number of para-hydroxylation sites is 2. The van der Waals surface area contributed by atoms with Crippen molar-refractivity contribution in [3.05, 3.63) is 42.0 Å². The highest BCUT2D eigenvalue weighted by atomic mass is 16.3. The lowest BCUT2D eigenvalue weighted by atomic mass is 10.1. The molecule has 9 heteroatoms. The molecule has 0 radical (unpaired) electrons. The Kier molecular flexibility index (Phi) is 8.49. The zero-order valence-electron chi connectivity index (χ0n) is 16.3. The minimum absolute atomic E-state index is 0.0250. The van der Waals surface area contributed by atoms with Gasteiger partial charge in [0.2, 0.25) is 17.6 Å². The first-order valence-electron chi connectivity index (χ1n) is 9.52. The van der Waals surface area contributed by atoms with E-state index >= 15 is 0 Å². The molecule has 9 nitrogen and oxygen atoms in total. The van der Waals surface area contributed by atoms with Gasteiger partial charge in [0.05, 0.1) is 11.9 Å². The highest BCUT2D eigenvalue weighted by Gasteiger charge is 2.09. The number of hydrogen-bond acceptors (Lipinski definition) is 7. The van der Waals surface area contributed by atoms with Crippen molar-refractivity contribution >= 4 is 23.7 Å². The van der Waals surface area contributed by atoms with E-state index < -0.39 is 17.2 Å². The van der Waals surface area contributed by atoms with E-state index in [1.807, 2.05) is 0 Å². The Morgan fingerprint density at radius 3 is 2.17 bits per heavy atom. The van der Waals surface area contributed by atoms with Crippen LogP contribution in [0.1, 0.15) is 44.1 Å². The molecular formula is C21H25N3O6. The molecule has 2 amide bonds. The van der Waals surface area contributed by atoms with Gasteiger partial charge >= 0.3 is 0 Å². The second-order valence-corrected chi connectivity index (χ2v) is 6.64. The lowest BCUT2D eigenvalue weighted by molar-refractivity contribution is -0.121. The fraction of sp³-hybridized carbons (Fsp3) is 0.286. The van der Waals surface area contributed by atoms with E-state index in [1.165, 1.54) is 18.2 Å². The van der Waals surface area contributed by atoms with E-state index in [2.05, 4.69) is 15.8 Å². The maximum atomic E-state index is 11.9. The molecule has 0 aliphatic rings. The predicted octanol–water partition coefficient (Wildman–Crippen LogP) is 2.94. The van der Waals surface area contributed by atoms with Crippen molar-refractivity contribution in [2.75, 3.05) is 5.32 Å². The first-order valence-corrected chi connectivity index (χ1v) is 9.52. The molecule has 0 saturated heterocycles. The largest absolute Gasteiger partial charge is 0.506 e. The van der Waals surface area contributed by atoms with E-state index in [1.54, 1.807) is 18.2 Å². The first kappa shape index (κ1) is 22.5. The monoisotopic (exact) mass is 415 g/mol. The molecule has 0 saturated carbocycles. The molecule has 30 heavy (non-hydrogen) atoms. The molecule has 0 heterocycles. The number of aromatic hydroxyl groups is 4. The molecule has 0 aromatic heterocycles. The van der Waals surface area contributed by atoms with Crippen LogP contribution in [-0.2, 0) is 9.59 Å². The molecule has 0 spiro atoms. The van der Waals surface area contributed by atoms with Crippen molar-refractivity contribution in [2.24, 2.45) is 5.10 Å². The van der Waals surface area contributed by atoms with Gasteiger partial charge in [-0.05, 0) is 37.1 Å². The fourth-order valence-electron chi connectivity index (χ4n) is 2.64. The van der Waals surface area contributed by atoms with Gasteiger partial charge in [-0.15, -0.1) is 0 Å². The number of hydrogen-bond donors (Lipinski definition) is 6. The second-order valence-electron chi connectivity index (χ2n) is 6.64. The molecule has 0 aliphatic carbocycles. The summed E-state index contributed by atoms with van der Waals surface area (Å²) in [5.41, 5.74) is 2.85. The number of unbranched alkanes of at least 4 members (excludes halogenated alkanes) is 3. The van der Waals surface area contributed by atoms with E-state index in [0.717, 1.165) is 19.1 Å². The maximum absolute atomic E-state index is 11.9. The molecule has 2 rings (SSSR count). The van der Waals surface area contributed by atoms with E-state index in [4.69, 9.17) is 0 Å². The summed E-state index contributed by atoms with van der Waals surface area (Å²) in [6.45, 7) is 0. The molecule has 0 atom stereocenters. The fourth-order valence-corrected chi connectivity index (χ4v) is 2.64. The number of rotatable bonds is 10. The predicted molar refractivity (Wildman–Crippen MR) is 112 cm³/mol. The smallest absolute Gasteiger partial charge is 0.240 e. The number of nitrogens with zero attached hydrogens (tertiary/aromatic N) is 1. The summed E-state index contributed by atoms with van der Waals surface area (Å²) in [6.07, 6.45) is 4.60. The second kappa shape index (κ2) is 11.3. The van der Waals surface area contributed by atoms with Gasteiger partial charge in [-0.25, -0.2) is 5.43 Å². The van der Waals surface area contributed by atoms with Gasteiger partial charge in [0, 0.05) is 18.4 Å². The maximum Gasteiger partial charge on any atom is 0.240 e. The third kappa shape index (κ3) is 7.01. The highest BCUT2D eigenvalue weighted by molar-refractivity contribution is 5.92. The number of carbonyl (C=O) groups is 2. The number of nitrogens with one attached hydrogen (secondary N) is 2. The molecule has 2 aromatic carbocycles. The average molecular weight is 415 g/mol. The van der Waals surface area contributed by atoms with Crippen LogP contribution in [0.15, 0.2) is 41.5 Å². The van der Waals surface area contributed by atoms with Crippen LogP contribution in [-0.4, -0.2) is 38.5 Å². The van der Waals surface area contributed by atoms with Crippen molar-refractivity contribution in [1.82, 2.24) is 5.43 Å². The van der Waals surface area contributed by atoms with Crippen molar-refractivity contribution in [2.45, 2.75) is 38.5 Å². The Morgan fingerprint density at radius 2 is 1.47 bits per heavy atom. The minimum Gasteiger partial charge on any atom is -0.506 e. The number of anilines is 1. The Balaban J connectivity index is 1.58. The van der Waals surface area contributed by atoms with E-state index in [9.17, 15) is 30.0 Å². The van der Waals surface area contributed by atoms with Crippen molar-refractivity contribution in [3.63, 3.8) is 0 Å². The minimum atomic E-state index is -0.653. The van der Waals surface area contributed by atoms with E-state index in [0.29, 0.717) is 24.9 Å². The zero-order valence-corrected chi connectivity index (χ0v) is 16.3. The van der Waals surface area contributed by atoms with Gasteiger partial charge in [-0.3, -0.25) is 9.59 Å². The Labute approximate surface area is 173 Å². The quantitative estimate of drug-likeness (QED) is 0.152. The Morgan fingerprint density at radius 1 is 0.800 bits per heavy atom. The summed E-state index contributed by atoms with van der Waals surface area (Å²) in [4.78, 5) is 23.6. The normalized spacial score (nSPS) is 10.8. The van der Waals surface area contributed by atoms with Crippen molar-refractivity contribution < 1.29 is 30.0 Å². The van der Waals surface area contributed by atoms with Crippen LogP contribution in [0, 0.1) is 0 Å². The lowest BCUT2D eigenvalue weighted by Crippen LogP contribution is -2.17. The third-order valence-electron chi connectivity index (χ3n) is 4.29. The lowest BCUT2D eigenvalue weighted by Gasteiger charge is -2.06.